The van der Waals surface area contributed by atoms with Crippen LogP contribution in [0.15, 0.2) is 53.6 Å². The number of amides is 1. The molecule has 2 aromatic rings. The van der Waals surface area contributed by atoms with Crippen LogP contribution in [0.2, 0.25) is 5.02 Å². The number of hydrogen-bond donors (Lipinski definition) is 1. The molecule has 1 N–H and O–H groups in total. The maximum atomic E-state index is 11.9. The first-order valence-corrected chi connectivity index (χ1v) is 6.89. The molecule has 2 rings (SSSR count). The van der Waals surface area contributed by atoms with Gasteiger partial charge >= 0.3 is 0 Å². The van der Waals surface area contributed by atoms with Crippen molar-refractivity contribution in [2.45, 2.75) is 6.92 Å². The third kappa shape index (κ3) is 4.33. The first-order chi connectivity index (χ1) is 10.2. The molecular weight excluding hydrogens is 288 g/mol. The Hall–Kier alpha value is -2.33. The van der Waals surface area contributed by atoms with Crippen LogP contribution in [0.5, 0.6) is 5.75 Å². The largest absolute Gasteiger partial charge is 0.494 e. The lowest BCUT2D eigenvalue weighted by Crippen LogP contribution is -2.17. The number of benzene rings is 2. The molecule has 0 aliphatic carbocycles. The molecule has 0 fully saturated rings. The first-order valence-electron chi connectivity index (χ1n) is 6.51. The minimum Gasteiger partial charge on any atom is -0.494 e. The van der Waals surface area contributed by atoms with E-state index in [2.05, 4.69) is 10.5 Å². The summed E-state index contributed by atoms with van der Waals surface area (Å²) in [5, 5.41) is 4.48. The summed E-state index contributed by atoms with van der Waals surface area (Å²) in [6.07, 6.45) is 1.51. The molecule has 0 spiro atoms. The number of hydrogen-bond acceptors (Lipinski definition) is 3. The van der Waals surface area contributed by atoms with Gasteiger partial charge in [0.05, 0.1) is 12.8 Å². The van der Waals surface area contributed by atoms with Crippen LogP contribution in [0.4, 0.5) is 0 Å². The molecule has 0 atom stereocenters. The Kier molecular flexibility index (Phi) is 5.35. The van der Waals surface area contributed by atoms with E-state index in [4.69, 9.17) is 16.3 Å². The van der Waals surface area contributed by atoms with Gasteiger partial charge in [0.2, 0.25) is 0 Å². The van der Waals surface area contributed by atoms with E-state index in [0.29, 0.717) is 17.2 Å². The van der Waals surface area contributed by atoms with Gasteiger partial charge in [-0.05, 0) is 37.3 Å². The lowest BCUT2D eigenvalue weighted by atomic mass is 10.2. The number of carbonyl (C=O) groups excluding carboxylic acids is 1. The highest BCUT2D eigenvalue weighted by Crippen LogP contribution is 2.13. The summed E-state index contributed by atoms with van der Waals surface area (Å²) in [6, 6.07) is 14.1. The fraction of sp³-hybridized carbons (Fsp3) is 0.125. The van der Waals surface area contributed by atoms with Crippen LogP contribution in [0.3, 0.4) is 0 Å². The summed E-state index contributed by atoms with van der Waals surface area (Å²) >= 11 is 5.99. The van der Waals surface area contributed by atoms with Gasteiger partial charge < -0.3 is 4.74 Å². The molecule has 0 saturated carbocycles. The van der Waals surface area contributed by atoms with Gasteiger partial charge in [-0.1, -0.05) is 29.8 Å². The molecular formula is C16H15ClN2O2. The summed E-state index contributed by atoms with van der Waals surface area (Å²) in [5.41, 5.74) is 3.71. The van der Waals surface area contributed by atoms with E-state index in [1.165, 1.54) is 6.21 Å². The number of rotatable bonds is 5. The van der Waals surface area contributed by atoms with E-state index in [0.717, 1.165) is 11.3 Å². The van der Waals surface area contributed by atoms with Crippen molar-refractivity contribution in [3.63, 3.8) is 0 Å². The van der Waals surface area contributed by atoms with Crippen LogP contribution < -0.4 is 10.2 Å². The van der Waals surface area contributed by atoms with Gasteiger partial charge in [-0.3, -0.25) is 4.79 Å². The normalized spacial score (nSPS) is 10.6. The lowest BCUT2D eigenvalue weighted by Gasteiger charge is -2.04. The molecule has 0 unspecified atom stereocenters. The number of halogens is 1. The van der Waals surface area contributed by atoms with Crippen LogP contribution >= 0.6 is 11.6 Å². The predicted molar refractivity (Wildman–Crippen MR) is 84.1 cm³/mol. The van der Waals surface area contributed by atoms with E-state index < -0.39 is 0 Å². The zero-order valence-corrected chi connectivity index (χ0v) is 12.3. The molecule has 5 heteroatoms. The number of carbonyl (C=O) groups is 1. The predicted octanol–water partition coefficient (Wildman–Crippen LogP) is 3.50. The number of nitrogens with zero attached hydrogens (tertiary/aromatic N) is 1. The smallest absolute Gasteiger partial charge is 0.271 e. The fourth-order valence-electron chi connectivity index (χ4n) is 1.67. The minimum absolute atomic E-state index is 0.290. The quantitative estimate of drug-likeness (QED) is 0.679. The monoisotopic (exact) mass is 302 g/mol. The van der Waals surface area contributed by atoms with Crippen molar-refractivity contribution < 1.29 is 9.53 Å². The van der Waals surface area contributed by atoms with Crippen molar-refractivity contribution in [3.05, 3.63) is 64.7 Å². The summed E-state index contributed by atoms with van der Waals surface area (Å²) in [7, 11) is 0. The average molecular weight is 303 g/mol. The number of ether oxygens (including phenoxy) is 1. The molecule has 0 saturated heterocycles. The van der Waals surface area contributed by atoms with Crippen LogP contribution in [0.25, 0.3) is 0 Å². The molecule has 0 aromatic heterocycles. The van der Waals surface area contributed by atoms with Gasteiger partial charge in [-0.25, -0.2) is 5.43 Å². The summed E-state index contributed by atoms with van der Waals surface area (Å²) in [6.45, 7) is 2.50. The standard InChI is InChI=1S/C16H15ClN2O2/c1-2-21-14-9-7-12(8-10-14)16(20)19-18-11-13-5-3-4-6-15(13)17/h3-11H,2H2,1H3,(H,19,20)/b18-11-. The average Bonchev–Trinajstić information content (AvgIpc) is 2.50. The van der Waals surface area contributed by atoms with Crippen molar-refractivity contribution in [2.75, 3.05) is 6.61 Å². The molecule has 2 aromatic carbocycles. The van der Waals surface area contributed by atoms with Gasteiger partial charge in [0.15, 0.2) is 0 Å². The maximum Gasteiger partial charge on any atom is 0.271 e. The van der Waals surface area contributed by atoms with Crippen molar-refractivity contribution in [1.82, 2.24) is 5.43 Å². The van der Waals surface area contributed by atoms with Gasteiger partial charge in [0.25, 0.3) is 5.91 Å². The summed E-state index contributed by atoms with van der Waals surface area (Å²) in [4.78, 5) is 11.9. The Labute approximate surface area is 128 Å². The number of hydrazone groups is 1. The highest BCUT2D eigenvalue weighted by molar-refractivity contribution is 6.33. The van der Waals surface area contributed by atoms with Crippen molar-refractivity contribution in [3.8, 4) is 5.75 Å². The summed E-state index contributed by atoms with van der Waals surface area (Å²) < 4.78 is 5.32. The van der Waals surface area contributed by atoms with Crippen LogP contribution in [0, 0.1) is 0 Å². The van der Waals surface area contributed by atoms with Crippen molar-refractivity contribution >= 4 is 23.7 Å². The van der Waals surface area contributed by atoms with Gasteiger partial charge in [-0.15, -0.1) is 0 Å². The van der Waals surface area contributed by atoms with Gasteiger partial charge in [0.1, 0.15) is 5.75 Å². The fourth-order valence-corrected chi connectivity index (χ4v) is 1.86. The second-order valence-corrected chi connectivity index (χ2v) is 4.59. The Morgan fingerprint density at radius 3 is 2.62 bits per heavy atom. The maximum absolute atomic E-state index is 11.9. The second kappa shape index (κ2) is 7.45. The highest BCUT2D eigenvalue weighted by Gasteiger charge is 2.04. The third-order valence-corrected chi connectivity index (χ3v) is 3.05. The molecule has 21 heavy (non-hydrogen) atoms. The SMILES string of the molecule is CCOc1ccc(C(=O)N/N=C\c2ccccc2Cl)cc1. The molecule has 0 bridgehead atoms. The Balaban J connectivity index is 1.97. The zero-order valence-electron chi connectivity index (χ0n) is 11.5. The lowest BCUT2D eigenvalue weighted by molar-refractivity contribution is 0.0955. The van der Waals surface area contributed by atoms with E-state index in [1.54, 1.807) is 30.3 Å². The van der Waals surface area contributed by atoms with E-state index >= 15 is 0 Å². The number of nitrogens with one attached hydrogen (secondary N) is 1. The molecule has 0 radical (unpaired) electrons. The zero-order chi connectivity index (χ0) is 15.1. The second-order valence-electron chi connectivity index (χ2n) is 4.18. The molecule has 4 nitrogen and oxygen atoms in total. The van der Waals surface area contributed by atoms with Crippen molar-refractivity contribution in [2.24, 2.45) is 5.10 Å². The van der Waals surface area contributed by atoms with Gasteiger partial charge in [0, 0.05) is 16.1 Å². The molecule has 0 aliphatic rings. The van der Waals surface area contributed by atoms with Crippen LogP contribution in [-0.4, -0.2) is 18.7 Å². The molecule has 0 heterocycles. The first kappa shape index (κ1) is 15.1. The molecule has 0 aliphatic heterocycles. The highest BCUT2D eigenvalue weighted by atomic mass is 35.5. The van der Waals surface area contributed by atoms with Crippen LogP contribution in [-0.2, 0) is 0 Å². The third-order valence-electron chi connectivity index (χ3n) is 2.70. The van der Waals surface area contributed by atoms with E-state index in [9.17, 15) is 4.79 Å². The Morgan fingerprint density at radius 2 is 1.95 bits per heavy atom. The summed E-state index contributed by atoms with van der Waals surface area (Å²) in [5.74, 6) is 0.440. The minimum atomic E-state index is -0.290. The van der Waals surface area contributed by atoms with Crippen molar-refractivity contribution in [1.29, 1.82) is 0 Å². The molecule has 108 valence electrons. The van der Waals surface area contributed by atoms with E-state index in [1.807, 2.05) is 25.1 Å². The Bertz CT molecular complexity index is 639. The van der Waals surface area contributed by atoms with Crippen LogP contribution in [0.1, 0.15) is 22.8 Å². The van der Waals surface area contributed by atoms with Gasteiger partial charge in [-0.2, -0.15) is 5.10 Å². The molecule has 1 amide bonds. The Morgan fingerprint density at radius 1 is 1.24 bits per heavy atom. The van der Waals surface area contributed by atoms with E-state index in [-0.39, 0.29) is 5.91 Å². The topological polar surface area (TPSA) is 50.7 Å².